The van der Waals surface area contributed by atoms with E-state index in [0.29, 0.717) is 27.0 Å². The van der Waals surface area contributed by atoms with E-state index in [1.165, 1.54) is 6.26 Å². The predicted octanol–water partition coefficient (Wildman–Crippen LogP) is 5.07. The van der Waals surface area contributed by atoms with Gasteiger partial charge in [0.15, 0.2) is 5.69 Å². The molecule has 1 N–H and O–H groups in total. The van der Waals surface area contributed by atoms with Crippen LogP contribution in [-0.4, -0.2) is 54.2 Å². The molecule has 1 saturated heterocycles. The molecule has 3 aromatic rings. The van der Waals surface area contributed by atoms with Crippen LogP contribution in [0.1, 0.15) is 47.3 Å². The van der Waals surface area contributed by atoms with Gasteiger partial charge in [-0.3, -0.25) is 10.2 Å². The molecule has 10 heteroatoms. The number of nitrogens with zero attached hydrogens (tertiary/aromatic N) is 3. The molecule has 37 heavy (non-hydrogen) atoms. The van der Waals surface area contributed by atoms with E-state index in [-0.39, 0.29) is 18.1 Å². The number of sulfone groups is 1. The first-order valence-electron chi connectivity index (χ1n) is 12.0. The fourth-order valence-corrected chi connectivity index (χ4v) is 5.15. The standard InChI is InChI=1S/C27H28Cl2N4O3S/c1-19-25(27(34)31-32-15-5-3-6-16-32)30-33(24-14-13-22(28)18-23(24)29)26(19)21-11-9-20(10-12-21)8-4-7-17-37(2,35)36/h9-14,18H,3,5-7,15-17H2,1-2H3,(H,31,34). The molecule has 0 saturated carbocycles. The molecule has 1 aliphatic heterocycles. The average molecular weight is 560 g/mol. The summed E-state index contributed by atoms with van der Waals surface area (Å²) in [5, 5.41) is 7.54. The molecule has 2 heterocycles. The molecule has 1 aromatic heterocycles. The minimum atomic E-state index is -3.04. The average Bonchev–Trinajstić information content (AvgIpc) is 3.19. The zero-order valence-corrected chi connectivity index (χ0v) is 23.1. The molecule has 0 aliphatic carbocycles. The van der Waals surface area contributed by atoms with Crippen LogP contribution in [0, 0.1) is 18.8 Å². The number of aromatic nitrogens is 2. The molecule has 7 nitrogen and oxygen atoms in total. The van der Waals surface area contributed by atoms with Gasteiger partial charge in [-0.25, -0.2) is 18.1 Å². The van der Waals surface area contributed by atoms with E-state index in [9.17, 15) is 13.2 Å². The third-order valence-electron chi connectivity index (χ3n) is 6.08. The zero-order valence-electron chi connectivity index (χ0n) is 20.7. The van der Waals surface area contributed by atoms with E-state index in [1.54, 1.807) is 22.9 Å². The molecular formula is C27H28Cl2N4O3S. The van der Waals surface area contributed by atoms with Crippen molar-refractivity contribution >= 4 is 38.9 Å². The summed E-state index contributed by atoms with van der Waals surface area (Å²) >= 11 is 12.7. The lowest BCUT2D eigenvalue weighted by Gasteiger charge is -2.26. The number of carbonyl (C=O) groups is 1. The van der Waals surface area contributed by atoms with Crippen LogP contribution in [0.15, 0.2) is 42.5 Å². The van der Waals surface area contributed by atoms with Crippen molar-refractivity contribution in [2.45, 2.75) is 32.6 Å². The summed E-state index contributed by atoms with van der Waals surface area (Å²) in [6, 6.07) is 12.7. The predicted molar refractivity (Wildman–Crippen MR) is 148 cm³/mol. The van der Waals surface area contributed by atoms with Crippen molar-refractivity contribution in [1.82, 2.24) is 20.2 Å². The van der Waals surface area contributed by atoms with E-state index in [0.717, 1.165) is 49.2 Å². The maximum atomic E-state index is 13.2. The third-order valence-corrected chi connectivity index (χ3v) is 7.56. The summed E-state index contributed by atoms with van der Waals surface area (Å²) in [4.78, 5) is 13.2. The molecule has 0 bridgehead atoms. The van der Waals surface area contributed by atoms with Gasteiger partial charge in [0, 0.05) is 47.5 Å². The zero-order chi connectivity index (χ0) is 26.6. The molecule has 194 valence electrons. The molecule has 1 amide bonds. The lowest BCUT2D eigenvalue weighted by atomic mass is 10.0. The maximum absolute atomic E-state index is 13.2. The van der Waals surface area contributed by atoms with E-state index < -0.39 is 9.84 Å². The second-order valence-corrected chi connectivity index (χ2v) is 12.2. The van der Waals surface area contributed by atoms with Crippen molar-refractivity contribution in [1.29, 1.82) is 0 Å². The quantitative estimate of drug-likeness (QED) is 0.427. The minimum absolute atomic E-state index is 0.0284. The van der Waals surface area contributed by atoms with Crippen LogP contribution < -0.4 is 5.43 Å². The second kappa shape index (κ2) is 11.7. The Bertz CT molecular complexity index is 1470. The van der Waals surface area contributed by atoms with Gasteiger partial charge in [-0.2, -0.15) is 5.10 Å². The van der Waals surface area contributed by atoms with Gasteiger partial charge >= 0.3 is 0 Å². The van der Waals surface area contributed by atoms with Crippen molar-refractivity contribution in [3.63, 3.8) is 0 Å². The topological polar surface area (TPSA) is 84.3 Å². The largest absolute Gasteiger partial charge is 0.286 e. The van der Waals surface area contributed by atoms with Crippen LogP contribution >= 0.6 is 23.2 Å². The van der Waals surface area contributed by atoms with Gasteiger partial charge in [0.1, 0.15) is 9.84 Å². The smallest absolute Gasteiger partial charge is 0.283 e. The normalized spacial score (nSPS) is 14.2. The number of nitrogens with one attached hydrogen (secondary N) is 1. The first kappa shape index (κ1) is 27.2. The Morgan fingerprint density at radius 1 is 1.08 bits per heavy atom. The summed E-state index contributed by atoms with van der Waals surface area (Å²) in [6.07, 6.45) is 4.73. The molecule has 0 atom stereocenters. The van der Waals surface area contributed by atoms with Crippen molar-refractivity contribution in [2.24, 2.45) is 0 Å². The lowest BCUT2D eigenvalue weighted by molar-refractivity contribution is 0.0743. The Morgan fingerprint density at radius 3 is 2.43 bits per heavy atom. The summed E-state index contributed by atoms with van der Waals surface area (Å²) in [6.45, 7) is 3.49. The van der Waals surface area contributed by atoms with E-state index in [1.807, 2.05) is 36.2 Å². The maximum Gasteiger partial charge on any atom is 0.286 e. The monoisotopic (exact) mass is 558 g/mol. The molecule has 0 spiro atoms. The number of hydrazine groups is 1. The SMILES string of the molecule is Cc1c(C(=O)NN2CCCCC2)nn(-c2ccc(Cl)cc2Cl)c1-c1ccc(C#CCCS(C)(=O)=O)cc1. The van der Waals surface area contributed by atoms with Gasteiger partial charge in [-0.05, 0) is 50.1 Å². The van der Waals surface area contributed by atoms with Crippen molar-refractivity contribution < 1.29 is 13.2 Å². The van der Waals surface area contributed by atoms with E-state index in [2.05, 4.69) is 22.4 Å². The highest BCUT2D eigenvalue weighted by atomic mass is 35.5. The van der Waals surface area contributed by atoms with Crippen LogP contribution in [0.4, 0.5) is 0 Å². The first-order valence-corrected chi connectivity index (χ1v) is 14.8. The van der Waals surface area contributed by atoms with Gasteiger partial charge in [-0.1, -0.05) is 53.6 Å². The Balaban J connectivity index is 1.69. The Kier molecular flexibility index (Phi) is 8.60. The number of hydrogen-bond acceptors (Lipinski definition) is 5. The Hall–Kier alpha value is -2.83. The molecule has 1 fully saturated rings. The highest BCUT2D eigenvalue weighted by Gasteiger charge is 2.25. The summed E-state index contributed by atoms with van der Waals surface area (Å²) in [7, 11) is -3.04. The van der Waals surface area contributed by atoms with Crippen LogP contribution in [0.2, 0.25) is 10.0 Å². The van der Waals surface area contributed by atoms with Crippen LogP contribution in [0.3, 0.4) is 0 Å². The van der Waals surface area contributed by atoms with Crippen molar-refractivity contribution in [2.75, 3.05) is 25.1 Å². The van der Waals surface area contributed by atoms with Crippen molar-refractivity contribution in [3.05, 3.63) is 69.3 Å². The highest BCUT2D eigenvalue weighted by Crippen LogP contribution is 2.33. The molecule has 0 unspecified atom stereocenters. The second-order valence-electron chi connectivity index (χ2n) is 9.08. The summed E-state index contributed by atoms with van der Waals surface area (Å²) in [5.41, 5.74) is 6.94. The van der Waals surface area contributed by atoms with Crippen LogP contribution in [-0.2, 0) is 9.84 Å². The number of amides is 1. The minimum Gasteiger partial charge on any atom is -0.283 e. The van der Waals surface area contributed by atoms with Gasteiger partial charge in [0.05, 0.1) is 22.2 Å². The van der Waals surface area contributed by atoms with Gasteiger partial charge in [0.2, 0.25) is 0 Å². The van der Waals surface area contributed by atoms with Gasteiger partial charge in [0.25, 0.3) is 5.91 Å². The number of carbonyl (C=O) groups excluding carboxylic acids is 1. The Labute approximate surface area is 227 Å². The lowest BCUT2D eigenvalue weighted by Crippen LogP contribution is -2.45. The van der Waals surface area contributed by atoms with E-state index >= 15 is 0 Å². The van der Waals surface area contributed by atoms with Crippen LogP contribution in [0.5, 0.6) is 0 Å². The fraction of sp³-hybridized carbons (Fsp3) is 0.333. The molecule has 2 aromatic carbocycles. The summed E-state index contributed by atoms with van der Waals surface area (Å²) in [5.74, 6) is 5.66. The molecule has 1 aliphatic rings. The van der Waals surface area contributed by atoms with Gasteiger partial charge < -0.3 is 0 Å². The highest BCUT2D eigenvalue weighted by molar-refractivity contribution is 7.90. The number of piperidine rings is 1. The van der Waals surface area contributed by atoms with Gasteiger partial charge in [-0.15, -0.1) is 0 Å². The number of halogens is 2. The van der Waals surface area contributed by atoms with E-state index in [4.69, 9.17) is 23.2 Å². The Morgan fingerprint density at radius 2 is 1.78 bits per heavy atom. The van der Waals surface area contributed by atoms with Crippen molar-refractivity contribution in [3.8, 4) is 28.8 Å². The first-order chi connectivity index (χ1) is 17.6. The molecular weight excluding hydrogens is 531 g/mol. The fourth-order valence-electron chi connectivity index (χ4n) is 4.19. The van der Waals surface area contributed by atoms with Crippen LogP contribution in [0.25, 0.3) is 16.9 Å². The number of hydrogen-bond donors (Lipinski definition) is 1. The number of benzene rings is 2. The summed E-state index contributed by atoms with van der Waals surface area (Å²) < 4.78 is 24.3. The molecule has 4 rings (SSSR count). The number of rotatable bonds is 6. The molecule has 0 radical (unpaired) electrons. The third kappa shape index (κ3) is 6.93.